The standard InChI is InChI=1S/C15H15N3O/c19-15(12-16-14-9-5-2-6-10-14)18-17-11-13-7-3-1-4-8-13/h1-11,16H,12H2,(H,18,19). The minimum absolute atomic E-state index is 0.184. The molecule has 0 aliphatic rings. The molecule has 2 aromatic carbocycles. The third kappa shape index (κ3) is 4.63. The highest BCUT2D eigenvalue weighted by Gasteiger charge is 1.98. The summed E-state index contributed by atoms with van der Waals surface area (Å²) in [5.74, 6) is -0.184. The Morgan fingerprint density at radius 1 is 1.00 bits per heavy atom. The van der Waals surface area contributed by atoms with Crippen molar-refractivity contribution in [1.82, 2.24) is 5.43 Å². The van der Waals surface area contributed by atoms with Crippen LogP contribution in [0, 0.1) is 0 Å². The Labute approximate surface area is 112 Å². The molecule has 0 fully saturated rings. The van der Waals surface area contributed by atoms with Gasteiger partial charge in [0.15, 0.2) is 0 Å². The second kappa shape index (κ2) is 6.96. The third-order valence-electron chi connectivity index (χ3n) is 2.43. The summed E-state index contributed by atoms with van der Waals surface area (Å²) in [5.41, 5.74) is 4.32. The van der Waals surface area contributed by atoms with E-state index in [0.29, 0.717) is 0 Å². The molecule has 19 heavy (non-hydrogen) atoms. The van der Waals surface area contributed by atoms with E-state index in [0.717, 1.165) is 11.3 Å². The van der Waals surface area contributed by atoms with Crippen molar-refractivity contribution in [3.05, 3.63) is 66.2 Å². The summed E-state index contributed by atoms with van der Waals surface area (Å²) in [6, 6.07) is 19.1. The van der Waals surface area contributed by atoms with Gasteiger partial charge in [-0.2, -0.15) is 5.10 Å². The number of hydrogen-bond acceptors (Lipinski definition) is 3. The lowest BCUT2D eigenvalue weighted by atomic mass is 10.2. The average molecular weight is 253 g/mol. The molecule has 0 unspecified atom stereocenters. The minimum atomic E-state index is -0.184. The number of anilines is 1. The van der Waals surface area contributed by atoms with Crippen LogP contribution < -0.4 is 10.7 Å². The van der Waals surface area contributed by atoms with E-state index < -0.39 is 0 Å². The van der Waals surface area contributed by atoms with Crippen LogP contribution in [0.1, 0.15) is 5.56 Å². The van der Waals surface area contributed by atoms with Crippen LogP contribution in [0.15, 0.2) is 65.8 Å². The van der Waals surface area contributed by atoms with E-state index >= 15 is 0 Å². The first kappa shape index (κ1) is 12.8. The highest BCUT2D eigenvalue weighted by Crippen LogP contribution is 2.03. The van der Waals surface area contributed by atoms with Crippen molar-refractivity contribution >= 4 is 17.8 Å². The second-order valence-electron chi connectivity index (χ2n) is 3.92. The first-order valence-corrected chi connectivity index (χ1v) is 6.00. The number of rotatable bonds is 5. The number of benzene rings is 2. The Bertz CT molecular complexity index is 538. The van der Waals surface area contributed by atoms with E-state index in [1.54, 1.807) is 6.21 Å². The van der Waals surface area contributed by atoms with Crippen molar-refractivity contribution in [3.8, 4) is 0 Å². The smallest absolute Gasteiger partial charge is 0.259 e. The molecular weight excluding hydrogens is 238 g/mol. The van der Waals surface area contributed by atoms with E-state index in [1.807, 2.05) is 60.7 Å². The largest absolute Gasteiger partial charge is 0.376 e. The molecule has 2 rings (SSSR count). The van der Waals surface area contributed by atoms with Crippen LogP contribution in [0.25, 0.3) is 0 Å². The van der Waals surface area contributed by atoms with E-state index in [4.69, 9.17) is 0 Å². The van der Waals surface area contributed by atoms with Gasteiger partial charge >= 0.3 is 0 Å². The Morgan fingerprint density at radius 3 is 2.32 bits per heavy atom. The molecule has 96 valence electrons. The Kier molecular flexibility index (Phi) is 4.70. The molecule has 0 heterocycles. The van der Waals surface area contributed by atoms with Gasteiger partial charge in [0.05, 0.1) is 12.8 Å². The molecule has 0 saturated heterocycles. The van der Waals surface area contributed by atoms with Gasteiger partial charge in [-0.25, -0.2) is 5.43 Å². The molecule has 0 aromatic heterocycles. The van der Waals surface area contributed by atoms with Crippen LogP contribution in [0.3, 0.4) is 0 Å². The zero-order valence-electron chi connectivity index (χ0n) is 10.4. The number of carbonyl (C=O) groups excluding carboxylic acids is 1. The minimum Gasteiger partial charge on any atom is -0.376 e. The van der Waals surface area contributed by atoms with E-state index in [1.165, 1.54) is 0 Å². The molecule has 4 heteroatoms. The van der Waals surface area contributed by atoms with Gasteiger partial charge < -0.3 is 5.32 Å². The highest BCUT2D eigenvalue weighted by atomic mass is 16.2. The van der Waals surface area contributed by atoms with Crippen LogP contribution in [0.4, 0.5) is 5.69 Å². The maximum atomic E-state index is 11.5. The van der Waals surface area contributed by atoms with Crippen molar-refractivity contribution in [2.24, 2.45) is 5.10 Å². The second-order valence-corrected chi connectivity index (χ2v) is 3.92. The third-order valence-corrected chi connectivity index (χ3v) is 2.43. The molecule has 0 aliphatic heterocycles. The summed E-state index contributed by atoms with van der Waals surface area (Å²) in [6.07, 6.45) is 1.61. The first-order valence-electron chi connectivity index (χ1n) is 6.00. The van der Waals surface area contributed by atoms with Crippen LogP contribution in [-0.4, -0.2) is 18.7 Å². The first-order chi connectivity index (χ1) is 9.34. The number of hydrazone groups is 1. The molecule has 1 amide bonds. The summed E-state index contributed by atoms with van der Waals surface area (Å²) in [4.78, 5) is 11.5. The van der Waals surface area contributed by atoms with Gasteiger partial charge in [-0.15, -0.1) is 0 Å². The molecule has 0 bridgehead atoms. The fraction of sp³-hybridized carbons (Fsp3) is 0.0667. The Morgan fingerprint density at radius 2 is 1.63 bits per heavy atom. The van der Waals surface area contributed by atoms with Gasteiger partial charge in [0.25, 0.3) is 5.91 Å². The van der Waals surface area contributed by atoms with Gasteiger partial charge in [0.2, 0.25) is 0 Å². The van der Waals surface area contributed by atoms with Crippen LogP contribution in [-0.2, 0) is 4.79 Å². The van der Waals surface area contributed by atoms with Crippen molar-refractivity contribution in [1.29, 1.82) is 0 Å². The van der Waals surface area contributed by atoms with Crippen molar-refractivity contribution in [2.45, 2.75) is 0 Å². The van der Waals surface area contributed by atoms with Crippen LogP contribution in [0.5, 0.6) is 0 Å². The normalized spacial score (nSPS) is 10.3. The van der Waals surface area contributed by atoms with Gasteiger partial charge in [-0.05, 0) is 17.7 Å². The predicted molar refractivity (Wildman–Crippen MR) is 77.1 cm³/mol. The van der Waals surface area contributed by atoms with Crippen molar-refractivity contribution in [3.63, 3.8) is 0 Å². The molecular formula is C15H15N3O. The van der Waals surface area contributed by atoms with Crippen LogP contribution >= 0.6 is 0 Å². The number of nitrogens with one attached hydrogen (secondary N) is 2. The van der Waals surface area contributed by atoms with E-state index in [9.17, 15) is 4.79 Å². The van der Waals surface area contributed by atoms with Crippen LogP contribution in [0.2, 0.25) is 0 Å². The predicted octanol–water partition coefficient (Wildman–Crippen LogP) is 2.25. The van der Waals surface area contributed by atoms with E-state index in [-0.39, 0.29) is 12.5 Å². The summed E-state index contributed by atoms with van der Waals surface area (Å²) in [6.45, 7) is 0.191. The van der Waals surface area contributed by atoms with Gasteiger partial charge in [0, 0.05) is 5.69 Å². The topological polar surface area (TPSA) is 53.5 Å². The number of hydrogen-bond donors (Lipinski definition) is 2. The molecule has 0 atom stereocenters. The zero-order chi connectivity index (χ0) is 13.3. The number of nitrogens with zero attached hydrogens (tertiary/aromatic N) is 1. The van der Waals surface area contributed by atoms with Crippen molar-refractivity contribution < 1.29 is 4.79 Å². The fourth-order valence-electron chi connectivity index (χ4n) is 1.50. The average Bonchev–Trinajstić information content (AvgIpc) is 2.47. The molecule has 2 N–H and O–H groups in total. The summed E-state index contributed by atoms with van der Waals surface area (Å²) < 4.78 is 0. The molecule has 0 aliphatic carbocycles. The number of carbonyl (C=O) groups is 1. The lowest BCUT2D eigenvalue weighted by Crippen LogP contribution is -2.25. The zero-order valence-corrected chi connectivity index (χ0v) is 10.4. The van der Waals surface area contributed by atoms with Gasteiger partial charge in [-0.1, -0.05) is 48.5 Å². The number of amides is 1. The lowest BCUT2D eigenvalue weighted by molar-refractivity contribution is -0.119. The van der Waals surface area contributed by atoms with E-state index in [2.05, 4.69) is 15.8 Å². The summed E-state index contributed by atoms with van der Waals surface area (Å²) in [5, 5.41) is 6.90. The molecule has 0 spiro atoms. The SMILES string of the molecule is O=C(CNc1ccccc1)NN=Cc1ccccc1. The molecule has 0 saturated carbocycles. The molecule has 2 aromatic rings. The summed E-state index contributed by atoms with van der Waals surface area (Å²) >= 11 is 0. The fourth-order valence-corrected chi connectivity index (χ4v) is 1.50. The molecule has 4 nitrogen and oxygen atoms in total. The van der Waals surface area contributed by atoms with Gasteiger partial charge in [-0.3, -0.25) is 4.79 Å². The lowest BCUT2D eigenvalue weighted by Gasteiger charge is -2.04. The monoisotopic (exact) mass is 253 g/mol. The summed E-state index contributed by atoms with van der Waals surface area (Å²) in [7, 11) is 0. The quantitative estimate of drug-likeness (QED) is 0.634. The molecule has 0 radical (unpaired) electrons. The number of para-hydroxylation sites is 1. The Balaban J connectivity index is 1.75. The van der Waals surface area contributed by atoms with Crippen molar-refractivity contribution in [2.75, 3.05) is 11.9 Å². The van der Waals surface area contributed by atoms with Gasteiger partial charge in [0.1, 0.15) is 0 Å². The highest BCUT2D eigenvalue weighted by molar-refractivity contribution is 5.84. The Hall–Kier alpha value is -2.62. The maximum absolute atomic E-state index is 11.5. The maximum Gasteiger partial charge on any atom is 0.259 e.